The summed E-state index contributed by atoms with van der Waals surface area (Å²) in [5, 5.41) is 8.49. The van der Waals surface area contributed by atoms with Crippen LogP contribution >= 0.6 is 0 Å². The van der Waals surface area contributed by atoms with Gasteiger partial charge >= 0.3 is 5.97 Å². The Balaban J connectivity index is 2.02. The van der Waals surface area contributed by atoms with Gasteiger partial charge < -0.3 is 4.74 Å². The monoisotopic (exact) mass is 259 g/mol. The molecule has 2 aromatic rings. The van der Waals surface area contributed by atoms with Crippen LogP contribution in [0.4, 0.5) is 0 Å². The van der Waals surface area contributed by atoms with Gasteiger partial charge in [-0.2, -0.15) is 0 Å². The lowest BCUT2D eigenvalue weighted by atomic mass is 9.89. The van der Waals surface area contributed by atoms with Crippen LogP contribution in [0.5, 0.6) is 0 Å². The highest BCUT2D eigenvalue weighted by atomic mass is 16.5. The smallest absolute Gasteiger partial charge is 0.339 e. The van der Waals surface area contributed by atoms with Gasteiger partial charge in [0.2, 0.25) is 0 Å². The molecular weight excluding hydrogens is 242 g/mol. The molecule has 2 aromatic heterocycles. The van der Waals surface area contributed by atoms with E-state index in [1.54, 1.807) is 12.3 Å². The van der Waals surface area contributed by atoms with Crippen molar-refractivity contribution >= 4 is 11.6 Å². The number of hydrogen-bond acceptors (Lipinski definition) is 4. The van der Waals surface area contributed by atoms with Crippen LogP contribution in [0.15, 0.2) is 18.3 Å². The highest BCUT2D eigenvalue weighted by molar-refractivity contribution is 5.89. The van der Waals surface area contributed by atoms with Crippen LogP contribution < -0.4 is 0 Å². The predicted molar refractivity (Wildman–Crippen MR) is 70.2 cm³/mol. The number of hydrogen-bond donors (Lipinski definition) is 0. The molecular formula is C14H17N3O2. The van der Waals surface area contributed by atoms with Crippen LogP contribution in [-0.2, 0) is 4.74 Å². The van der Waals surface area contributed by atoms with E-state index < -0.39 is 0 Å². The zero-order chi connectivity index (χ0) is 13.2. The van der Waals surface area contributed by atoms with Crippen molar-refractivity contribution in [1.29, 1.82) is 0 Å². The van der Waals surface area contributed by atoms with Gasteiger partial charge in [0.25, 0.3) is 0 Å². The Morgan fingerprint density at radius 1 is 1.26 bits per heavy atom. The fourth-order valence-corrected chi connectivity index (χ4v) is 2.79. The van der Waals surface area contributed by atoms with Crippen molar-refractivity contribution in [3.05, 3.63) is 29.7 Å². The van der Waals surface area contributed by atoms with Gasteiger partial charge in [-0.1, -0.05) is 19.3 Å². The lowest BCUT2D eigenvalue weighted by molar-refractivity contribution is 0.0600. The van der Waals surface area contributed by atoms with Crippen molar-refractivity contribution in [2.75, 3.05) is 7.11 Å². The number of aromatic nitrogens is 3. The third-order valence-corrected chi connectivity index (χ3v) is 3.82. The highest BCUT2D eigenvalue weighted by Gasteiger charge is 2.21. The van der Waals surface area contributed by atoms with Crippen LogP contribution in [0.3, 0.4) is 0 Å². The van der Waals surface area contributed by atoms with Crippen LogP contribution in [0.2, 0.25) is 0 Å². The number of pyridine rings is 1. The Hall–Kier alpha value is -1.91. The number of carbonyl (C=O) groups excluding carboxylic acids is 1. The number of rotatable bonds is 2. The van der Waals surface area contributed by atoms with Crippen molar-refractivity contribution in [1.82, 2.24) is 14.6 Å². The standard InChI is InChI=1S/C14H17N3O2/c1-19-14(18)11-7-8-12-15-16-13(17(12)9-11)10-5-3-2-4-6-10/h7-10H,2-6H2,1H3. The number of fused-ring (bicyclic) bond motifs is 1. The summed E-state index contributed by atoms with van der Waals surface area (Å²) in [7, 11) is 1.39. The van der Waals surface area contributed by atoms with Crippen molar-refractivity contribution in [2.45, 2.75) is 38.0 Å². The van der Waals surface area contributed by atoms with E-state index in [1.165, 1.54) is 26.4 Å². The Morgan fingerprint density at radius 2 is 2.05 bits per heavy atom. The van der Waals surface area contributed by atoms with E-state index in [4.69, 9.17) is 4.74 Å². The molecule has 3 rings (SSSR count). The molecule has 0 saturated heterocycles. The normalized spacial score (nSPS) is 16.7. The van der Waals surface area contributed by atoms with Crippen molar-refractivity contribution in [3.8, 4) is 0 Å². The van der Waals surface area contributed by atoms with Crippen molar-refractivity contribution < 1.29 is 9.53 Å². The lowest BCUT2D eigenvalue weighted by Gasteiger charge is -2.19. The molecule has 2 heterocycles. The van der Waals surface area contributed by atoms with Gasteiger partial charge in [-0.25, -0.2) is 4.79 Å². The van der Waals surface area contributed by atoms with E-state index >= 15 is 0 Å². The molecule has 0 N–H and O–H groups in total. The maximum Gasteiger partial charge on any atom is 0.339 e. The van der Waals surface area contributed by atoms with E-state index in [9.17, 15) is 4.79 Å². The zero-order valence-corrected chi connectivity index (χ0v) is 11.0. The van der Waals surface area contributed by atoms with Gasteiger partial charge in [-0.05, 0) is 25.0 Å². The van der Waals surface area contributed by atoms with Crippen LogP contribution in [0.25, 0.3) is 5.65 Å². The summed E-state index contributed by atoms with van der Waals surface area (Å²) in [6.07, 6.45) is 7.89. The second-order valence-corrected chi connectivity index (χ2v) is 5.03. The third-order valence-electron chi connectivity index (χ3n) is 3.82. The first-order valence-corrected chi connectivity index (χ1v) is 6.72. The number of ether oxygens (including phenoxy) is 1. The summed E-state index contributed by atoms with van der Waals surface area (Å²) in [6, 6.07) is 3.53. The average molecular weight is 259 g/mol. The van der Waals surface area contributed by atoms with Gasteiger partial charge in [-0.15, -0.1) is 10.2 Å². The molecule has 0 aromatic carbocycles. The molecule has 1 saturated carbocycles. The molecule has 5 nitrogen and oxygen atoms in total. The fraction of sp³-hybridized carbons (Fsp3) is 0.500. The number of carbonyl (C=O) groups is 1. The molecule has 0 aliphatic heterocycles. The predicted octanol–water partition coefficient (Wildman–Crippen LogP) is 2.56. The topological polar surface area (TPSA) is 56.5 Å². The summed E-state index contributed by atoms with van der Waals surface area (Å²) in [6.45, 7) is 0. The van der Waals surface area contributed by atoms with Crippen LogP contribution in [0.1, 0.15) is 54.2 Å². The Kier molecular flexibility index (Phi) is 3.19. The number of methoxy groups -OCH3 is 1. The molecule has 5 heteroatoms. The quantitative estimate of drug-likeness (QED) is 0.778. The van der Waals surface area contributed by atoms with Gasteiger partial charge in [0.15, 0.2) is 5.65 Å². The summed E-state index contributed by atoms with van der Waals surface area (Å²) in [5.74, 6) is 1.10. The first kappa shape index (κ1) is 12.1. The largest absolute Gasteiger partial charge is 0.465 e. The SMILES string of the molecule is COC(=O)c1ccc2nnc(C3CCCCC3)n2c1. The Morgan fingerprint density at radius 3 is 2.79 bits per heavy atom. The van der Waals surface area contributed by atoms with Gasteiger partial charge in [0.1, 0.15) is 5.82 Å². The molecule has 100 valence electrons. The lowest BCUT2D eigenvalue weighted by Crippen LogP contribution is -2.10. The maximum atomic E-state index is 11.6. The molecule has 0 atom stereocenters. The average Bonchev–Trinajstić information content (AvgIpc) is 2.90. The third kappa shape index (κ3) is 2.20. The van der Waals surface area contributed by atoms with Crippen molar-refractivity contribution in [3.63, 3.8) is 0 Å². The molecule has 19 heavy (non-hydrogen) atoms. The summed E-state index contributed by atoms with van der Waals surface area (Å²) >= 11 is 0. The van der Waals surface area contributed by atoms with Crippen LogP contribution in [-0.4, -0.2) is 27.7 Å². The summed E-state index contributed by atoms with van der Waals surface area (Å²) in [4.78, 5) is 11.6. The molecule has 0 unspecified atom stereocenters. The molecule has 1 fully saturated rings. The Labute approximate surface area is 111 Å². The second kappa shape index (κ2) is 4.99. The molecule has 1 aliphatic carbocycles. The van der Waals surface area contributed by atoms with E-state index in [0.717, 1.165) is 24.3 Å². The number of nitrogens with zero attached hydrogens (tertiary/aromatic N) is 3. The zero-order valence-electron chi connectivity index (χ0n) is 11.0. The van der Waals surface area contributed by atoms with Gasteiger partial charge in [0.05, 0.1) is 12.7 Å². The minimum atomic E-state index is -0.329. The van der Waals surface area contributed by atoms with E-state index in [1.807, 2.05) is 10.5 Å². The summed E-state index contributed by atoms with van der Waals surface area (Å²) in [5.41, 5.74) is 1.32. The Bertz CT molecular complexity index is 600. The first-order chi connectivity index (χ1) is 9.29. The van der Waals surface area contributed by atoms with Gasteiger partial charge in [-0.3, -0.25) is 4.40 Å². The van der Waals surface area contributed by atoms with Gasteiger partial charge in [0, 0.05) is 12.1 Å². The van der Waals surface area contributed by atoms with E-state index in [0.29, 0.717) is 11.5 Å². The minimum Gasteiger partial charge on any atom is -0.465 e. The second-order valence-electron chi connectivity index (χ2n) is 5.03. The minimum absolute atomic E-state index is 0.329. The first-order valence-electron chi connectivity index (χ1n) is 6.72. The van der Waals surface area contributed by atoms with Crippen molar-refractivity contribution in [2.24, 2.45) is 0 Å². The molecule has 0 spiro atoms. The fourth-order valence-electron chi connectivity index (χ4n) is 2.79. The maximum absolute atomic E-state index is 11.6. The summed E-state index contributed by atoms with van der Waals surface area (Å²) < 4.78 is 6.69. The van der Waals surface area contributed by atoms with E-state index in [2.05, 4.69) is 10.2 Å². The highest BCUT2D eigenvalue weighted by Crippen LogP contribution is 2.31. The molecule has 0 bridgehead atoms. The number of esters is 1. The molecule has 1 aliphatic rings. The van der Waals surface area contributed by atoms with E-state index in [-0.39, 0.29) is 5.97 Å². The molecule has 0 radical (unpaired) electrons. The molecule has 0 amide bonds. The van der Waals surface area contributed by atoms with Crippen LogP contribution in [0, 0.1) is 0 Å².